The van der Waals surface area contributed by atoms with Crippen LogP contribution in [-0.4, -0.2) is 32.2 Å². The molecule has 2 aromatic carbocycles. The molecule has 0 bridgehead atoms. The van der Waals surface area contributed by atoms with E-state index in [1.807, 2.05) is 6.92 Å². The van der Waals surface area contributed by atoms with E-state index in [9.17, 15) is 18.8 Å². The molecule has 2 amide bonds. The fourth-order valence-electron chi connectivity index (χ4n) is 2.75. The number of hydrogen-bond acceptors (Lipinski definition) is 6. The Kier molecular flexibility index (Phi) is 7.14. The number of nitrogens with one attached hydrogen (secondary N) is 3. The van der Waals surface area contributed by atoms with E-state index in [-0.39, 0.29) is 22.7 Å². The quantitative estimate of drug-likeness (QED) is 0.484. The van der Waals surface area contributed by atoms with Gasteiger partial charge in [0, 0.05) is 18.2 Å². The number of H-pyrrole nitrogens is 1. The van der Waals surface area contributed by atoms with Gasteiger partial charge in [-0.3, -0.25) is 19.4 Å². The van der Waals surface area contributed by atoms with Gasteiger partial charge in [0.1, 0.15) is 5.82 Å². The van der Waals surface area contributed by atoms with Gasteiger partial charge in [0.2, 0.25) is 11.8 Å². The number of hydrogen-bond donors (Lipinski definition) is 3. The second-order valence-corrected chi connectivity index (χ2v) is 7.74. The van der Waals surface area contributed by atoms with Crippen molar-refractivity contribution >= 4 is 35.0 Å². The van der Waals surface area contributed by atoms with E-state index in [1.54, 1.807) is 24.3 Å². The highest BCUT2D eigenvalue weighted by Crippen LogP contribution is 2.26. The van der Waals surface area contributed by atoms with Crippen molar-refractivity contribution in [2.75, 3.05) is 10.6 Å². The summed E-state index contributed by atoms with van der Waals surface area (Å²) >= 11 is 1.07. The predicted octanol–water partition coefficient (Wildman–Crippen LogP) is 3.44. The molecule has 10 heteroatoms. The second-order valence-electron chi connectivity index (χ2n) is 6.55. The fourth-order valence-corrected chi connectivity index (χ4v) is 3.59. The fraction of sp³-hybridized carbons (Fsp3) is 0.190. The number of amides is 2. The largest absolute Gasteiger partial charge is 0.326 e. The number of aromatic nitrogens is 3. The summed E-state index contributed by atoms with van der Waals surface area (Å²) in [4.78, 5) is 39.2. The van der Waals surface area contributed by atoms with E-state index in [0.29, 0.717) is 23.4 Å². The molecule has 3 aromatic rings. The van der Waals surface area contributed by atoms with Crippen LogP contribution < -0.4 is 16.2 Å². The molecule has 1 aromatic heterocycles. The molecular weight excluding hydrogens is 421 g/mol. The van der Waals surface area contributed by atoms with Crippen LogP contribution in [-0.2, 0) is 9.59 Å². The van der Waals surface area contributed by atoms with Crippen LogP contribution in [0.4, 0.5) is 15.8 Å². The molecule has 0 saturated carbocycles. The van der Waals surface area contributed by atoms with Gasteiger partial charge in [-0.2, -0.15) is 0 Å². The maximum Gasteiger partial charge on any atom is 0.278 e. The molecule has 0 aliphatic carbocycles. The monoisotopic (exact) mass is 441 g/mol. The number of para-hydroxylation sites is 1. The van der Waals surface area contributed by atoms with E-state index in [1.165, 1.54) is 31.2 Å². The molecule has 31 heavy (non-hydrogen) atoms. The van der Waals surface area contributed by atoms with Crippen molar-refractivity contribution in [2.45, 2.75) is 30.7 Å². The third-order valence-corrected chi connectivity index (χ3v) is 5.44. The first-order valence-corrected chi connectivity index (χ1v) is 10.3. The standard InChI is InChI=1S/C21H20FN5O3S/c1-3-17(19(29)24-14-10-8-13(22)9-11-14)31-21-25-20(30)18(26-27-21)15-6-4-5-7-16(15)23-12(2)28/h4-11,17H,3H2,1-2H3,(H,23,28)(H,24,29)(H,25,27,30)/t17-/m0/s1. The van der Waals surface area contributed by atoms with Crippen LogP contribution in [0.2, 0.25) is 0 Å². The number of carbonyl (C=O) groups is 2. The molecule has 0 fully saturated rings. The normalized spacial score (nSPS) is 11.6. The average molecular weight is 441 g/mol. The van der Waals surface area contributed by atoms with Crippen LogP contribution in [0.15, 0.2) is 58.5 Å². The Morgan fingerprint density at radius 2 is 1.81 bits per heavy atom. The average Bonchev–Trinajstić information content (AvgIpc) is 2.74. The van der Waals surface area contributed by atoms with Gasteiger partial charge in [-0.25, -0.2) is 4.39 Å². The van der Waals surface area contributed by atoms with Crippen molar-refractivity contribution in [3.63, 3.8) is 0 Å². The lowest BCUT2D eigenvalue weighted by atomic mass is 10.1. The van der Waals surface area contributed by atoms with Crippen molar-refractivity contribution in [1.29, 1.82) is 0 Å². The molecule has 3 rings (SSSR count). The number of nitrogens with zero attached hydrogens (tertiary/aromatic N) is 2. The molecule has 1 heterocycles. The van der Waals surface area contributed by atoms with Gasteiger partial charge in [-0.05, 0) is 36.8 Å². The molecule has 0 aliphatic heterocycles. The van der Waals surface area contributed by atoms with E-state index in [0.717, 1.165) is 11.8 Å². The van der Waals surface area contributed by atoms with Gasteiger partial charge < -0.3 is 10.6 Å². The maximum absolute atomic E-state index is 13.0. The summed E-state index contributed by atoms with van der Waals surface area (Å²) in [5.41, 5.74) is 0.904. The van der Waals surface area contributed by atoms with E-state index < -0.39 is 16.6 Å². The van der Waals surface area contributed by atoms with E-state index in [4.69, 9.17) is 0 Å². The van der Waals surface area contributed by atoms with Crippen molar-refractivity contribution in [2.24, 2.45) is 0 Å². The molecular formula is C21H20FN5O3S. The van der Waals surface area contributed by atoms with Crippen LogP contribution in [0.25, 0.3) is 11.3 Å². The van der Waals surface area contributed by atoms with Crippen LogP contribution in [0, 0.1) is 5.82 Å². The summed E-state index contributed by atoms with van der Waals surface area (Å²) in [6.07, 6.45) is 0.467. The summed E-state index contributed by atoms with van der Waals surface area (Å²) in [6, 6.07) is 12.2. The Morgan fingerprint density at radius 3 is 2.45 bits per heavy atom. The minimum Gasteiger partial charge on any atom is -0.326 e. The lowest BCUT2D eigenvalue weighted by molar-refractivity contribution is -0.116. The first-order valence-electron chi connectivity index (χ1n) is 9.44. The van der Waals surface area contributed by atoms with Gasteiger partial charge in [0.25, 0.3) is 5.56 Å². The van der Waals surface area contributed by atoms with Crippen molar-refractivity contribution in [3.8, 4) is 11.3 Å². The topological polar surface area (TPSA) is 117 Å². The van der Waals surface area contributed by atoms with Crippen LogP contribution in [0.5, 0.6) is 0 Å². The Balaban J connectivity index is 1.78. The summed E-state index contributed by atoms with van der Waals surface area (Å²) in [5, 5.41) is 13.1. The zero-order chi connectivity index (χ0) is 22.4. The highest BCUT2D eigenvalue weighted by molar-refractivity contribution is 8.00. The molecule has 0 unspecified atom stereocenters. The summed E-state index contributed by atoms with van der Waals surface area (Å²) in [5.74, 6) is -0.976. The first-order chi connectivity index (χ1) is 14.9. The minimum atomic E-state index is -0.549. The molecule has 1 atom stereocenters. The molecule has 160 valence electrons. The van der Waals surface area contributed by atoms with Crippen LogP contribution >= 0.6 is 11.8 Å². The van der Waals surface area contributed by atoms with Gasteiger partial charge in [0.05, 0.1) is 10.9 Å². The predicted molar refractivity (Wildman–Crippen MR) is 117 cm³/mol. The Hall–Kier alpha value is -3.53. The summed E-state index contributed by atoms with van der Waals surface area (Å²) in [6.45, 7) is 3.19. The molecule has 0 spiro atoms. The zero-order valence-corrected chi connectivity index (χ0v) is 17.6. The highest BCUT2D eigenvalue weighted by atomic mass is 32.2. The van der Waals surface area contributed by atoms with Crippen molar-refractivity contribution in [1.82, 2.24) is 15.2 Å². The number of aromatic amines is 1. The number of anilines is 2. The summed E-state index contributed by atoms with van der Waals surface area (Å²) < 4.78 is 13.0. The van der Waals surface area contributed by atoms with E-state index in [2.05, 4.69) is 25.8 Å². The Bertz CT molecular complexity index is 1150. The van der Waals surface area contributed by atoms with Gasteiger partial charge in [-0.1, -0.05) is 36.9 Å². The van der Waals surface area contributed by atoms with Crippen LogP contribution in [0.3, 0.4) is 0 Å². The minimum absolute atomic E-state index is 0.0533. The Labute approximate surface area is 181 Å². The molecule has 0 saturated heterocycles. The maximum atomic E-state index is 13.0. The second kappa shape index (κ2) is 9.98. The lowest BCUT2D eigenvalue weighted by Crippen LogP contribution is -2.25. The smallest absolute Gasteiger partial charge is 0.278 e. The molecule has 0 radical (unpaired) electrons. The lowest BCUT2D eigenvalue weighted by Gasteiger charge is -2.14. The molecule has 3 N–H and O–H groups in total. The SMILES string of the molecule is CC[C@H](Sc1nnc(-c2ccccc2NC(C)=O)c(=O)[nH]1)C(=O)Nc1ccc(F)cc1. The Morgan fingerprint density at radius 1 is 1.10 bits per heavy atom. The van der Waals surface area contributed by atoms with Gasteiger partial charge >= 0.3 is 0 Å². The van der Waals surface area contributed by atoms with E-state index >= 15 is 0 Å². The summed E-state index contributed by atoms with van der Waals surface area (Å²) in [7, 11) is 0. The van der Waals surface area contributed by atoms with Crippen molar-refractivity contribution < 1.29 is 14.0 Å². The number of thioether (sulfide) groups is 1. The zero-order valence-electron chi connectivity index (χ0n) is 16.8. The highest BCUT2D eigenvalue weighted by Gasteiger charge is 2.21. The van der Waals surface area contributed by atoms with Crippen LogP contribution in [0.1, 0.15) is 20.3 Å². The third kappa shape index (κ3) is 5.76. The first kappa shape index (κ1) is 22.2. The number of halogens is 1. The van der Waals surface area contributed by atoms with Gasteiger partial charge in [0.15, 0.2) is 10.9 Å². The number of carbonyl (C=O) groups excluding carboxylic acids is 2. The molecule has 8 nitrogen and oxygen atoms in total. The van der Waals surface area contributed by atoms with Gasteiger partial charge in [-0.15, -0.1) is 10.2 Å². The number of benzene rings is 2. The van der Waals surface area contributed by atoms with Crippen molar-refractivity contribution in [3.05, 3.63) is 64.7 Å². The third-order valence-electron chi connectivity index (χ3n) is 4.20. The molecule has 0 aliphatic rings. The number of rotatable bonds is 7.